The molecule has 1 aromatic rings. The molecule has 1 heterocycles. The molecule has 1 atom stereocenters. The number of benzene rings is 1. The van der Waals surface area contributed by atoms with Gasteiger partial charge in [-0.3, -0.25) is 0 Å². The molecular formula is C16H22O2S. The van der Waals surface area contributed by atoms with Crippen LogP contribution in [0.15, 0.2) is 29.2 Å². The van der Waals surface area contributed by atoms with Crippen molar-refractivity contribution in [1.82, 2.24) is 0 Å². The summed E-state index contributed by atoms with van der Waals surface area (Å²) in [7, 11) is 0. The van der Waals surface area contributed by atoms with Crippen molar-refractivity contribution >= 4 is 11.8 Å². The van der Waals surface area contributed by atoms with Gasteiger partial charge in [-0.05, 0) is 49.9 Å². The first-order chi connectivity index (χ1) is 9.26. The maximum absolute atomic E-state index is 9.33. The third kappa shape index (κ3) is 3.26. The fraction of sp³-hybridized carbons (Fsp3) is 0.625. The van der Waals surface area contributed by atoms with Crippen LogP contribution in [0.3, 0.4) is 0 Å². The molecule has 1 aliphatic heterocycles. The van der Waals surface area contributed by atoms with Gasteiger partial charge in [0.05, 0.1) is 5.60 Å². The summed E-state index contributed by atoms with van der Waals surface area (Å²) < 4.78 is 6.14. The van der Waals surface area contributed by atoms with Crippen molar-refractivity contribution in [1.29, 1.82) is 0 Å². The highest BCUT2D eigenvalue weighted by molar-refractivity contribution is 8.00. The van der Waals surface area contributed by atoms with E-state index in [1.807, 2.05) is 23.9 Å². The van der Waals surface area contributed by atoms with E-state index in [4.69, 9.17) is 4.74 Å². The molecule has 0 aromatic heterocycles. The van der Waals surface area contributed by atoms with Gasteiger partial charge in [0.15, 0.2) is 0 Å². The fourth-order valence-corrected chi connectivity index (χ4v) is 4.62. The third-order valence-corrected chi connectivity index (χ3v) is 5.63. The number of ether oxygens (including phenoxy) is 1. The number of hydrogen-bond donors (Lipinski definition) is 1. The Morgan fingerprint density at radius 1 is 1.11 bits per heavy atom. The van der Waals surface area contributed by atoms with Crippen LogP contribution in [0.5, 0.6) is 5.75 Å². The van der Waals surface area contributed by atoms with Crippen molar-refractivity contribution in [2.24, 2.45) is 0 Å². The fourth-order valence-electron chi connectivity index (χ4n) is 3.35. The van der Waals surface area contributed by atoms with E-state index < -0.39 is 0 Å². The Kier molecular flexibility index (Phi) is 4.04. The van der Waals surface area contributed by atoms with E-state index >= 15 is 0 Å². The van der Waals surface area contributed by atoms with Gasteiger partial charge in [0.2, 0.25) is 0 Å². The molecule has 1 unspecified atom stereocenters. The summed E-state index contributed by atoms with van der Waals surface area (Å²) >= 11 is 1.95. The SMILES string of the molecule is Oc1ccc(SC2CCOC3(CCCCC3)C2)cc1. The number of rotatable bonds is 2. The van der Waals surface area contributed by atoms with Gasteiger partial charge in [-0.15, -0.1) is 11.8 Å². The second-order valence-corrected chi connectivity index (χ2v) is 7.19. The van der Waals surface area contributed by atoms with E-state index in [9.17, 15) is 5.11 Å². The molecule has 0 radical (unpaired) electrons. The summed E-state index contributed by atoms with van der Waals surface area (Å²) in [6, 6.07) is 7.59. The average Bonchev–Trinajstić information content (AvgIpc) is 2.42. The molecule has 1 saturated heterocycles. The molecule has 3 rings (SSSR count). The second-order valence-electron chi connectivity index (χ2n) is 5.82. The second kappa shape index (κ2) is 5.76. The predicted molar refractivity (Wildman–Crippen MR) is 78.8 cm³/mol. The summed E-state index contributed by atoms with van der Waals surface area (Å²) in [5.74, 6) is 0.347. The van der Waals surface area contributed by atoms with Crippen LogP contribution in [0, 0.1) is 0 Å². The Morgan fingerprint density at radius 3 is 2.58 bits per heavy atom. The van der Waals surface area contributed by atoms with E-state index in [2.05, 4.69) is 0 Å². The quantitative estimate of drug-likeness (QED) is 0.871. The highest BCUT2D eigenvalue weighted by atomic mass is 32.2. The van der Waals surface area contributed by atoms with Crippen LogP contribution in [0.4, 0.5) is 0 Å². The molecule has 1 N–H and O–H groups in total. The van der Waals surface area contributed by atoms with Crippen molar-refractivity contribution in [2.75, 3.05) is 6.61 Å². The first-order valence-corrected chi connectivity index (χ1v) is 8.23. The number of hydrogen-bond acceptors (Lipinski definition) is 3. The van der Waals surface area contributed by atoms with Crippen LogP contribution in [-0.2, 0) is 4.74 Å². The van der Waals surface area contributed by atoms with Crippen LogP contribution >= 0.6 is 11.8 Å². The summed E-state index contributed by atoms with van der Waals surface area (Å²) in [6.45, 7) is 0.912. The summed E-state index contributed by atoms with van der Waals surface area (Å²) in [4.78, 5) is 1.26. The van der Waals surface area contributed by atoms with Gasteiger partial charge in [0, 0.05) is 16.8 Å². The molecule has 104 valence electrons. The molecule has 2 fully saturated rings. The highest BCUT2D eigenvalue weighted by Gasteiger charge is 2.38. The Balaban J connectivity index is 1.63. The molecule has 2 aliphatic rings. The smallest absolute Gasteiger partial charge is 0.115 e. The first kappa shape index (κ1) is 13.3. The van der Waals surface area contributed by atoms with Crippen LogP contribution in [0.2, 0.25) is 0 Å². The predicted octanol–water partition coefficient (Wildman–Crippen LogP) is 4.37. The lowest BCUT2D eigenvalue weighted by Crippen LogP contribution is -2.42. The Morgan fingerprint density at radius 2 is 1.84 bits per heavy atom. The summed E-state index contributed by atoms with van der Waals surface area (Å²) in [5.41, 5.74) is 0.186. The van der Waals surface area contributed by atoms with Crippen molar-refractivity contribution in [3.63, 3.8) is 0 Å². The molecule has 2 nitrogen and oxygen atoms in total. The highest BCUT2D eigenvalue weighted by Crippen LogP contribution is 2.43. The zero-order valence-electron chi connectivity index (χ0n) is 11.3. The lowest BCUT2D eigenvalue weighted by atomic mass is 9.80. The summed E-state index contributed by atoms with van der Waals surface area (Å²) in [6.07, 6.45) is 8.87. The zero-order chi connectivity index (χ0) is 13.1. The van der Waals surface area contributed by atoms with Crippen molar-refractivity contribution in [3.8, 4) is 5.75 Å². The van der Waals surface area contributed by atoms with Crippen LogP contribution in [-0.4, -0.2) is 22.6 Å². The van der Waals surface area contributed by atoms with E-state index in [-0.39, 0.29) is 5.60 Å². The molecule has 0 bridgehead atoms. The largest absolute Gasteiger partial charge is 0.508 e. The topological polar surface area (TPSA) is 29.5 Å². The average molecular weight is 278 g/mol. The minimum absolute atomic E-state index is 0.186. The number of aromatic hydroxyl groups is 1. The Bertz CT molecular complexity index is 404. The molecule has 0 amide bonds. The maximum atomic E-state index is 9.33. The van der Waals surface area contributed by atoms with E-state index in [1.165, 1.54) is 43.4 Å². The van der Waals surface area contributed by atoms with Crippen molar-refractivity contribution in [3.05, 3.63) is 24.3 Å². The monoisotopic (exact) mass is 278 g/mol. The lowest BCUT2D eigenvalue weighted by molar-refractivity contribution is -0.0970. The molecule has 1 aliphatic carbocycles. The standard InChI is InChI=1S/C16H22O2S/c17-13-4-6-14(7-5-13)19-15-8-11-18-16(12-15)9-2-1-3-10-16/h4-7,15,17H,1-3,8-12H2. The van der Waals surface area contributed by atoms with Crippen LogP contribution in [0.25, 0.3) is 0 Å². The first-order valence-electron chi connectivity index (χ1n) is 7.35. The number of phenolic OH excluding ortho intramolecular Hbond substituents is 1. The zero-order valence-corrected chi connectivity index (χ0v) is 12.1. The van der Waals surface area contributed by atoms with Gasteiger partial charge in [0.1, 0.15) is 5.75 Å². The van der Waals surface area contributed by atoms with Gasteiger partial charge < -0.3 is 9.84 Å². The summed E-state index contributed by atoms with van der Waals surface area (Å²) in [5, 5.41) is 10.00. The van der Waals surface area contributed by atoms with Crippen LogP contribution in [0.1, 0.15) is 44.9 Å². The van der Waals surface area contributed by atoms with E-state index in [0.717, 1.165) is 13.0 Å². The van der Waals surface area contributed by atoms with Gasteiger partial charge in [-0.1, -0.05) is 19.3 Å². The number of thioether (sulfide) groups is 1. The molecular weight excluding hydrogens is 256 g/mol. The minimum Gasteiger partial charge on any atom is -0.508 e. The maximum Gasteiger partial charge on any atom is 0.115 e. The molecule has 3 heteroatoms. The molecule has 1 aromatic carbocycles. The van der Waals surface area contributed by atoms with Crippen LogP contribution < -0.4 is 0 Å². The molecule has 1 saturated carbocycles. The van der Waals surface area contributed by atoms with Crippen molar-refractivity contribution in [2.45, 2.75) is 60.7 Å². The molecule has 1 spiro atoms. The lowest BCUT2D eigenvalue weighted by Gasteiger charge is -2.43. The van der Waals surface area contributed by atoms with Gasteiger partial charge in [-0.2, -0.15) is 0 Å². The molecule has 19 heavy (non-hydrogen) atoms. The number of phenols is 1. The van der Waals surface area contributed by atoms with E-state index in [0.29, 0.717) is 11.0 Å². The van der Waals surface area contributed by atoms with Gasteiger partial charge in [0.25, 0.3) is 0 Å². The Hall–Kier alpha value is -0.670. The minimum atomic E-state index is 0.186. The van der Waals surface area contributed by atoms with Crippen molar-refractivity contribution < 1.29 is 9.84 Å². The van der Waals surface area contributed by atoms with E-state index in [1.54, 1.807) is 12.1 Å². The van der Waals surface area contributed by atoms with Gasteiger partial charge in [-0.25, -0.2) is 0 Å². The van der Waals surface area contributed by atoms with Gasteiger partial charge >= 0.3 is 0 Å². The normalized spacial score (nSPS) is 26.4. The third-order valence-electron chi connectivity index (χ3n) is 4.35. The Labute approximate surface area is 119 Å².